The second-order valence-electron chi connectivity index (χ2n) is 5.45. The van der Waals surface area contributed by atoms with Crippen LogP contribution in [-0.2, 0) is 0 Å². The third-order valence-corrected chi connectivity index (χ3v) is 4.01. The van der Waals surface area contributed by atoms with Crippen molar-refractivity contribution in [3.05, 3.63) is 47.1 Å². The van der Waals surface area contributed by atoms with Gasteiger partial charge in [0.1, 0.15) is 17.1 Å². The Bertz CT molecular complexity index is 654. The smallest absolute Gasteiger partial charge is 0.259 e. The minimum Gasteiger partial charge on any atom is -0.368 e. The fourth-order valence-corrected chi connectivity index (χ4v) is 2.77. The summed E-state index contributed by atoms with van der Waals surface area (Å²) in [6.45, 7) is 6.22. The van der Waals surface area contributed by atoms with Gasteiger partial charge >= 0.3 is 0 Å². The molecule has 5 nitrogen and oxygen atoms in total. The summed E-state index contributed by atoms with van der Waals surface area (Å²) >= 11 is 0. The molecule has 1 amide bonds. The maximum atomic E-state index is 13.0. The van der Waals surface area contributed by atoms with Crippen LogP contribution in [-0.4, -0.2) is 42.1 Å². The maximum Gasteiger partial charge on any atom is 0.259 e. The standard InChI is InChI=1S/C16H18FN3O2/c1-11-15(12(2)22-18-11)16(21)20-9-7-19(8-10-20)14-5-3-13(17)4-6-14/h3-6H,7-10H2,1-2H3. The SMILES string of the molecule is Cc1noc(C)c1C(=O)N1CCN(c2ccc(F)cc2)CC1. The number of carbonyl (C=O) groups excluding carboxylic acids is 1. The molecule has 3 rings (SSSR count). The molecule has 1 aromatic heterocycles. The van der Waals surface area contributed by atoms with Gasteiger partial charge in [-0.3, -0.25) is 4.79 Å². The third-order valence-electron chi connectivity index (χ3n) is 4.01. The van der Waals surface area contributed by atoms with Crippen molar-refractivity contribution in [3.63, 3.8) is 0 Å². The number of rotatable bonds is 2. The lowest BCUT2D eigenvalue weighted by molar-refractivity contribution is 0.0744. The summed E-state index contributed by atoms with van der Waals surface area (Å²) in [5.41, 5.74) is 2.17. The van der Waals surface area contributed by atoms with Crippen molar-refractivity contribution in [2.75, 3.05) is 31.1 Å². The monoisotopic (exact) mass is 303 g/mol. The fraction of sp³-hybridized carbons (Fsp3) is 0.375. The van der Waals surface area contributed by atoms with E-state index in [-0.39, 0.29) is 11.7 Å². The van der Waals surface area contributed by atoms with E-state index in [1.165, 1.54) is 12.1 Å². The molecule has 0 bridgehead atoms. The van der Waals surface area contributed by atoms with Gasteiger partial charge in [-0.15, -0.1) is 0 Å². The first-order chi connectivity index (χ1) is 10.6. The van der Waals surface area contributed by atoms with E-state index >= 15 is 0 Å². The Morgan fingerprint density at radius 3 is 2.32 bits per heavy atom. The minimum absolute atomic E-state index is 0.0324. The summed E-state index contributed by atoms with van der Waals surface area (Å²) in [6, 6.07) is 6.44. The van der Waals surface area contributed by atoms with Gasteiger partial charge in [-0.25, -0.2) is 4.39 Å². The molecule has 1 aliphatic heterocycles. The van der Waals surface area contributed by atoms with Crippen molar-refractivity contribution in [1.82, 2.24) is 10.1 Å². The zero-order chi connectivity index (χ0) is 15.7. The van der Waals surface area contributed by atoms with Crippen molar-refractivity contribution in [1.29, 1.82) is 0 Å². The van der Waals surface area contributed by atoms with Crippen molar-refractivity contribution in [2.45, 2.75) is 13.8 Å². The van der Waals surface area contributed by atoms with Crippen LogP contribution in [0.4, 0.5) is 10.1 Å². The Morgan fingerprint density at radius 1 is 1.14 bits per heavy atom. The molecular weight excluding hydrogens is 285 g/mol. The van der Waals surface area contributed by atoms with Crippen LogP contribution in [0.25, 0.3) is 0 Å². The summed E-state index contributed by atoms with van der Waals surface area (Å²) in [5.74, 6) is 0.287. The predicted molar refractivity (Wildman–Crippen MR) is 80.5 cm³/mol. The number of halogens is 1. The molecule has 0 atom stereocenters. The highest BCUT2D eigenvalue weighted by molar-refractivity contribution is 5.96. The van der Waals surface area contributed by atoms with Crippen LogP contribution in [0.1, 0.15) is 21.8 Å². The zero-order valence-corrected chi connectivity index (χ0v) is 12.7. The number of hydrogen-bond donors (Lipinski definition) is 0. The number of benzene rings is 1. The van der Waals surface area contributed by atoms with Crippen molar-refractivity contribution in [3.8, 4) is 0 Å². The normalized spacial score (nSPS) is 15.2. The first kappa shape index (κ1) is 14.6. The summed E-state index contributed by atoms with van der Waals surface area (Å²) in [4.78, 5) is 16.5. The number of hydrogen-bond acceptors (Lipinski definition) is 4. The number of anilines is 1. The summed E-state index contributed by atoms with van der Waals surface area (Å²) in [6.07, 6.45) is 0. The molecule has 1 fully saturated rings. The van der Waals surface area contributed by atoms with Crippen LogP contribution < -0.4 is 4.90 Å². The van der Waals surface area contributed by atoms with E-state index in [4.69, 9.17) is 4.52 Å². The van der Waals surface area contributed by atoms with Gasteiger partial charge in [0.2, 0.25) is 0 Å². The lowest BCUT2D eigenvalue weighted by Gasteiger charge is -2.36. The molecular formula is C16H18FN3O2. The molecule has 0 saturated carbocycles. The molecule has 116 valence electrons. The molecule has 0 aliphatic carbocycles. The maximum absolute atomic E-state index is 13.0. The van der Waals surface area contributed by atoms with Gasteiger partial charge in [0.15, 0.2) is 0 Å². The zero-order valence-electron chi connectivity index (χ0n) is 12.7. The molecule has 1 aromatic carbocycles. The second kappa shape index (κ2) is 5.79. The number of amides is 1. The summed E-state index contributed by atoms with van der Waals surface area (Å²) in [7, 11) is 0. The Balaban J connectivity index is 1.67. The van der Waals surface area contributed by atoms with Gasteiger partial charge in [0, 0.05) is 31.9 Å². The van der Waals surface area contributed by atoms with Gasteiger partial charge < -0.3 is 14.3 Å². The van der Waals surface area contributed by atoms with E-state index < -0.39 is 0 Å². The summed E-state index contributed by atoms with van der Waals surface area (Å²) < 4.78 is 18.0. The van der Waals surface area contributed by atoms with Gasteiger partial charge in [-0.05, 0) is 38.1 Å². The molecule has 1 aliphatic rings. The van der Waals surface area contributed by atoms with Crippen LogP contribution in [0.5, 0.6) is 0 Å². The Labute approximate surface area is 128 Å². The van der Waals surface area contributed by atoms with Gasteiger partial charge in [0.25, 0.3) is 5.91 Å². The van der Waals surface area contributed by atoms with Crippen LogP contribution in [0.2, 0.25) is 0 Å². The van der Waals surface area contributed by atoms with Gasteiger partial charge in [-0.2, -0.15) is 0 Å². The second-order valence-corrected chi connectivity index (χ2v) is 5.45. The van der Waals surface area contributed by atoms with Crippen molar-refractivity contribution < 1.29 is 13.7 Å². The molecule has 0 N–H and O–H groups in total. The first-order valence-electron chi connectivity index (χ1n) is 7.29. The first-order valence-corrected chi connectivity index (χ1v) is 7.29. The average molecular weight is 303 g/mol. The van der Waals surface area contributed by atoms with Crippen LogP contribution >= 0.6 is 0 Å². The molecule has 6 heteroatoms. The topological polar surface area (TPSA) is 49.6 Å². The van der Waals surface area contributed by atoms with E-state index in [1.807, 2.05) is 4.90 Å². The number of aromatic nitrogens is 1. The largest absolute Gasteiger partial charge is 0.368 e. The lowest BCUT2D eigenvalue weighted by Crippen LogP contribution is -2.49. The van der Waals surface area contributed by atoms with Crippen molar-refractivity contribution >= 4 is 11.6 Å². The highest BCUT2D eigenvalue weighted by Gasteiger charge is 2.26. The molecule has 2 aromatic rings. The molecule has 0 spiro atoms. The minimum atomic E-state index is -0.240. The summed E-state index contributed by atoms with van der Waals surface area (Å²) in [5, 5.41) is 3.83. The highest BCUT2D eigenvalue weighted by Crippen LogP contribution is 2.20. The van der Waals surface area contributed by atoms with E-state index in [0.29, 0.717) is 30.1 Å². The molecule has 0 unspecified atom stereocenters. The molecule has 22 heavy (non-hydrogen) atoms. The number of aryl methyl sites for hydroxylation is 2. The van der Waals surface area contributed by atoms with Crippen LogP contribution in [0.3, 0.4) is 0 Å². The quantitative estimate of drug-likeness (QED) is 0.855. The Morgan fingerprint density at radius 2 is 1.77 bits per heavy atom. The fourth-order valence-electron chi connectivity index (χ4n) is 2.77. The van der Waals surface area contributed by atoms with Gasteiger partial charge in [0.05, 0.1) is 5.69 Å². The van der Waals surface area contributed by atoms with E-state index in [1.54, 1.807) is 26.0 Å². The molecule has 0 radical (unpaired) electrons. The number of piperazine rings is 1. The van der Waals surface area contributed by atoms with E-state index in [9.17, 15) is 9.18 Å². The highest BCUT2D eigenvalue weighted by atomic mass is 19.1. The van der Waals surface area contributed by atoms with E-state index in [0.717, 1.165) is 18.8 Å². The number of carbonyl (C=O) groups is 1. The van der Waals surface area contributed by atoms with Crippen molar-refractivity contribution in [2.24, 2.45) is 0 Å². The predicted octanol–water partition coefficient (Wildman–Crippen LogP) is 2.39. The number of nitrogens with zero attached hydrogens (tertiary/aromatic N) is 3. The van der Waals surface area contributed by atoms with Crippen LogP contribution in [0, 0.1) is 19.7 Å². The molecule has 2 heterocycles. The van der Waals surface area contributed by atoms with Gasteiger partial charge in [-0.1, -0.05) is 5.16 Å². The van der Waals surface area contributed by atoms with E-state index in [2.05, 4.69) is 10.1 Å². The average Bonchev–Trinajstić information content (AvgIpc) is 2.86. The lowest BCUT2D eigenvalue weighted by atomic mass is 10.1. The van der Waals surface area contributed by atoms with Crippen LogP contribution in [0.15, 0.2) is 28.8 Å². The Hall–Kier alpha value is -2.37. The molecule has 1 saturated heterocycles. The third kappa shape index (κ3) is 2.68. The Kier molecular flexibility index (Phi) is 3.83.